The summed E-state index contributed by atoms with van der Waals surface area (Å²) in [6, 6.07) is -0.733. The molecular weight excluding hydrogens is 452 g/mol. The van der Waals surface area contributed by atoms with Crippen LogP contribution in [-0.2, 0) is 19.2 Å². The van der Waals surface area contributed by atoms with Crippen molar-refractivity contribution in [3.05, 3.63) is 23.4 Å². The summed E-state index contributed by atoms with van der Waals surface area (Å²) in [7, 11) is 3.68. The van der Waals surface area contributed by atoms with E-state index < -0.39 is 34.0 Å². The molecule has 3 amide bonds. The lowest BCUT2D eigenvalue weighted by atomic mass is 10.0. The highest BCUT2D eigenvalue weighted by molar-refractivity contribution is 9.10. The lowest BCUT2D eigenvalue weighted by molar-refractivity contribution is -0.876. The molecule has 0 aromatic carbocycles. The van der Waals surface area contributed by atoms with E-state index in [9.17, 15) is 24.3 Å². The summed E-state index contributed by atoms with van der Waals surface area (Å²) >= 11 is 4.55. The minimum atomic E-state index is -1.19. The highest BCUT2D eigenvalue weighted by atomic mass is 79.9. The average Bonchev–Trinajstić information content (AvgIpc) is 2.57. The maximum Gasteiger partial charge on any atom is 0.352 e. The van der Waals surface area contributed by atoms with E-state index in [2.05, 4.69) is 21.2 Å². The molecule has 0 spiro atoms. The number of carbonyl (C=O) groups is 4. The number of allylic oxidation sites excluding steroid dienone is 1. The zero-order valence-electron chi connectivity index (χ0n) is 15.8. The van der Waals surface area contributed by atoms with Crippen LogP contribution in [0.5, 0.6) is 0 Å². The highest BCUT2D eigenvalue weighted by Crippen LogP contribution is 2.40. The Kier molecular flexibility index (Phi) is 6.94. The van der Waals surface area contributed by atoms with E-state index in [1.807, 2.05) is 14.1 Å². The fourth-order valence-corrected chi connectivity index (χ4v) is 4.46. The van der Waals surface area contributed by atoms with Gasteiger partial charge in [0, 0.05) is 5.75 Å². The summed E-state index contributed by atoms with van der Waals surface area (Å²) in [4.78, 5) is 48.0. The molecule has 1 fully saturated rings. The number of carbonyl (C=O) groups excluding carboxylic acids is 3. The number of rotatable bonds is 8. The number of carboxylic acids is 1. The highest BCUT2D eigenvalue weighted by Gasteiger charge is 2.54. The van der Waals surface area contributed by atoms with Crippen molar-refractivity contribution in [1.29, 1.82) is 0 Å². The van der Waals surface area contributed by atoms with Crippen LogP contribution in [0.15, 0.2) is 23.4 Å². The molecule has 2 aliphatic rings. The number of nitrogens with two attached hydrogens (primary N) is 1. The van der Waals surface area contributed by atoms with E-state index in [0.717, 1.165) is 0 Å². The van der Waals surface area contributed by atoms with Crippen molar-refractivity contribution in [3.8, 4) is 0 Å². The van der Waals surface area contributed by atoms with Crippen molar-refractivity contribution >= 4 is 51.4 Å². The summed E-state index contributed by atoms with van der Waals surface area (Å²) in [6.07, 6.45) is 3.45. The van der Waals surface area contributed by atoms with E-state index >= 15 is 0 Å². The van der Waals surface area contributed by atoms with Crippen LogP contribution in [0.25, 0.3) is 0 Å². The minimum absolute atomic E-state index is 0.0670. The Bertz CT molecular complexity index is 765. The number of hydrogen-bond acceptors (Lipinski definition) is 5. The number of halogens is 1. The molecule has 2 aliphatic heterocycles. The molecule has 3 atom stereocenters. The monoisotopic (exact) mass is 475 g/mol. The van der Waals surface area contributed by atoms with Crippen molar-refractivity contribution in [2.24, 2.45) is 5.73 Å². The molecule has 9 nitrogen and oxygen atoms in total. The van der Waals surface area contributed by atoms with Gasteiger partial charge in [0.2, 0.25) is 5.91 Å². The van der Waals surface area contributed by atoms with Crippen molar-refractivity contribution < 1.29 is 28.8 Å². The molecule has 0 aromatic rings. The zero-order valence-corrected chi connectivity index (χ0v) is 18.2. The molecule has 0 saturated carbocycles. The number of aliphatic carboxylic acids is 1. The van der Waals surface area contributed by atoms with Gasteiger partial charge in [0.1, 0.15) is 17.1 Å². The number of thioether (sulfide) groups is 1. The molecule has 2 heterocycles. The molecule has 1 saturated heterocycles. The molecule has 0 bridgehead atoms. The molecule has 1 unspecified atom stereocenters. The summed E-state index contributed by atoms with van der Waals surface area (Å²) in [6.45, 7) is 2.28. The zero-order chi connectivity index (χ0) is 21.2. The predicted molar refractivity (Wildman–Crippen MR) is 108 cm³/mol. The number of nitrogens with one attached hydrogen (secondary N) is 1. The maximum atomic E-state index is 12.5. The number of fused-ring (bicyclic) bond motifs is 1. The molecular formula is C17H24BrN4O5S+. The summed E-state index contributed by atoms with van der Waals surface area (Å²) < 4.78 is 0.332. The SMILES string of the molecule is CC(Br)C(=O)N[C@@H]1C(=O)N2C(C(=O)O)=C(C=CC[N+](C)(C)CC(N)=O)CS[C@H]12. The average molecular weight is 476 g/mol. The molecule has 28 heavy (non-hydrogen) atoms. The van der Waals surface area contributed by atoms with Crippen molar-refractivity contribution in [2.45, 2.75) is 23.2 Å². The van der Waals surface area contributed by atoms with Crippen molar-refractivity contribution in [3.63, 3.8) is 0 Å². The fraction of sp³-hybridized carbons (Fsp3) is 0.529. The number of likely N-dealkylation sites (N-methyl/N-ethyl adjacent to an activating group) is 1. The van der Waals surface area contributed by atoms with Crippen molar-refractivity contribution in [2.75, 3.05) is 32.9 Å². The second-order valence-corrected chi connectivity index (χ2v) is 9.81. The number of alkyl halides is 1. The Labute approximate surface area is 175 Å². The molecule has 154 valence electrons. The Morgan fingerprint density at radius 1 is 1.46 bits per heavy atom. The van der Waals surface area contributed by atoms with Crippen LogP contribution in [0.1, 0.15) is 6.92 Å². The quantitative estimate of drug-likeness (QED) is 0.249. The Balaban J connectivity index is 2.16. The molecule has 2 rings (SSSR count). The molecule has 11 heteroatoms. The van der Waals surface area contributed by atoms with Gasteiger partial charge >= 0.3 is 5.97 Å². The van der Waals surface area contributed by atoms with E-state index in [1.165, 1.54) is 16.7 Å². The number of β-lactam (4-membered cyclic amide) rings is 1. The van der Waals surface area contributed by atoms with Crippen molar-refractivity contribution in [1.82, 2.24) is 10.2 Å². The van der Waals surface area contributed by atoms with Gasteiger partial charge in [0.15, 0.2) is 6.54 Å². The number of hydrogen-bond donors (Lipinski definition) is 3. The van der Waals surface area contributed by atoms with Crippen LogP contribution in [0, 0.1) is 0 Å². The van der Waals surface area contributed by atoms with Gasteiger partial charge in [-0.2, -0.15) is 0 Å². The van der Waals surface area contributed by atoms with Gasteiger partial charge in [-0.15, -0.1) is 11.8 Å². The summed E-state index contributed by atoms with van der Waals surface area (Å²) in [5, 5.41) is 11.8. The maximum absolute atomic E-state index is 12.5. The second kappa shape index (κ2) is 8.66. The third-order valence-corrected chi connectivity index (χ3v) is 6.08. The first-order valence-corrected chi connectivity index (χ1v) is 10.5. The predicted octanol–water partition coefficient (Wildman–Crippen LogP) is -0.374. The third-order valence-electron chi connectivity index (χ3n) is 4.36. The Hall–Kier alpha value is -1.85. The van der Waals surface area contributed by atoms with Gasteiger partial charge in [-0.05, 0) is 18.6 Å². The first-order chi connectivity index (χ1) is 12.9. The van der Waals surface area contributed by atoms with E-state index in [1.54, 1.807) is 19.1 Å². The van der Waals surface area contributed by atoms with E-state index in [4.69, 9.17) is 5.73 Å². The van der Waals surface area contributed by atoms with Crippen LogP contribution in [0.4, 0.5) is 0 Å². The minimum Gasteiger partial charge on any atom is -0.477 e. The number of quaternary nitrogens is 1. The molecule has 4 N–H and O–H groups in total. The van der Waals surface area contributed by atoms with Gasteiger partial charge in [-0.3, -0.25) is 19.3 Å². The van der Waals surface area contributed by atoms with E-state index in [0.29, 0.717) is 22.4 Å². The molecule has 0 aromatic heterocycles. The Morgan fingerprint density at radius 2 is 2.11 bits per heavy atom. The van der Waals surface area contributed by atoms with Gasteiger partial charge in [-0.25, -0.2) is 4.79 Å². The van der Waals surface area contributed by atoms with Gasteiger partial charge < -0.3 is 20.6 Å². The first-order valence-electron chi connectivity index (χ1n) is 8.57. The number of primary amides is 1. The normalized spacial score (nSPS) is 23.3. The molecule has 0 radical (unpaired) electrons. The smallest absolute Gasteiger partial charge is 0.352 e. The number of carboxylic acid groups (broad SMARTS) is 1. The topological polar surface area (TPSA) is 130 Å². The lowest BCUT2D eigenvalue weighted by Gasteiger charge is -2.49. The van der Waals surface area contributed by atoms with E-state index in [-0.39, 0.29) is 18.1 Å². The van der Waals surface area contributed by atoms with Crippen LogP contribution < -0.4 is 11.1 Å². The Morgan fingerprint density at radius 3 is 2.64 bits per heavy atom. The summed E-state index contributed by atoms with van der Waals surface area (Å²) in [5.74, 6) is -1.97. The van der Waals surface area contributed by atoms with Crippen LogP contribution in [-0.4, -0.2) is 87.4 Å². The van der Waals surface area contributed by atoms with Gasteiger partial charge in [0.25, 0.3) is 11.8 Å². The first kappa shape index (κ1) is 22.4. The van der Waals surface area contributed by atoms with Crippen LogP contribution in [0.2, 0.25) is 0 Å². The third kappa shape index (κ3) is 4.95. The lowest BCUT2D eigenvalue weighted by Crippen LogP contribution is -2.70. The summed E-state index contributed by atoms with van der Waals surface area (Å²) in [5.41, 5.74) is 5.68. The second-order valence-electron chi connectivity index (χ2n) is 7.34. The van der Waals surface area contributed by atoms with Gasteiger partial charge in [-0.1, -0.05) is 22.0 Å². The largest absolute Gasteiger partial charge is 0.477 e. The number of amides is 3. The standard InChI is InChI=1S/C17H23BrN4O5S/c1-9(18)14(24)20-12-15(25)21-13(17(26)27)10(8-28-16(12)21)5-4-6-22(2,3)7-11(19)23/h4-5,9,12,16H,6-8H2,1-3H3,(H3-,19,20,23,24,26,27)/p+1/t9?,12-,16-/m1/s1. The van der Waals surface area contributed by atoms with Gasteiger partial charge in [0.05, 0.1) is 25.5 Å². The van der Waals surface area contributed by atoms with Crippen LogP contribution in [0.3, 0.4) is 0 Å². The number of nitrogens with zero attached hydrogens (tertiary/aromatic N) is 2. The fourth-order valence-electron chi connectivity index (χ4n) is 3.01. The molecule has 0 aliphatic carbocycles. The van der Waals surface area contributed by atoms with Crippen LogP contribution >= 0.6 is 27.7 Å².